The van der Waals surface area contributed by atoms with Gasteiger partial charge in [0, 0.05) is 5.56 Å². The molecular formula is C21H26N3O2+. The fourth-order valence-electron chi connectivity index (χ4n) is 3.24. The summed E-state index contributed by atoms with van der Waals surface area (Å²) in [7, 11) is 2.02. The average Bonchev–Trinajstić information content (AvgIpc) is 2.66. The summed E-state index contributed by atoms with van der Waals surface area (Å²) >= 11 is 0. The Labute approximate surface area is 154 Å². The lowest BCUT2D eigenvalue weighted by atomic mass is 10.1. The third kappa shape index (κ3) is 3.78. The van der Waals surface area contributed by atoms with Crippen LogP contribution in [0.3, 0.4) is 0 Å². The van der Waals surface area contributed by atoms with Gasteiger partial charge in [-0.2, -0.15) is 0 Å². The largest absolute Gasteiger partial charge is 0.324 e. The van der Waals surface area contributed by atoms with E-state index in [1.807, 2.05) is 38.2 Å². The highest BCUT2D eigenvalue weighted by Crippen LogP contribution is 2.29. The second-order valence-electron chi connectivity index (χ2n) is 6.90. The highest BCUT2D eigenvalue weighted by molar-refractivity contribution is 6.10. The number of nitrogens with one attached hydrogen (secondary N) is 2. The fourth-order valence-corrected chi connectivity index (χ4v) is 3.24. The van der Waals surface area contributed by atoms with Crippen molar-refractivity contribution in [3.63, 3.8) is 0 Å². The van der Waals surface area contributed by atoms with Crippen molar-refractivity contribution in [1.29, 1.82) is 0 Å². The average molecular weight is 352 g/mol. The zero-order valence-corrected chi connectivity index (χ0v) is 15.6. The minimum atomic E-state index is -0.250. The minimum Gasteiger partial charge on any atom is -0.324 e. The number of hydrogen-bond donors (Lipinski definition) is 2. The van der Waals surface area contributed by atoms with Crippen LogP contribution in [-0.2, 0) is 22.6 Å². The van der Waals surface area contributed by atoms with Crippen molar-refractivity contribution in [2.45, 2.75) is 32.9 Å². The molecule has 0 bridgehead atoms. The van der Waals surface area contributed by atoms with E-state index in [1.54, 1.807) is 4.90 Å². The molecule has 1 heterocycles. The van der Waals surface area contributed by atoms with Gasteiger partial charge in [-0.3, -0.25) is 14.5 Å². The van der Waals surface area contributed by atoms with Crippen molar-refractivity contribution in [2.24, 2.45) is 0 Å². The van der Waals surface area contributed by atoms with Crippen LogP contribution in [0.1, 0.15) is 25.0 Å². The van der Waals surface area contributed by atoms with Gasteiger partial charge in [0.15, 0.2) is 6.04 Å². The molecule has 0 spiro atoms. The number of benzene rings is 2. The van der Waals surface area contributed by atoms with Crippen LogP contribution in [0.5, 0.6) is 0 Å². The normalized spacial score (nSPS) is 15.8. The van der Waals surface area contributed by atoms with Gasteiger partial charge in [-0.1, -0.05) is 43.3 Å². The molecule has 0 radical (unpaired) electrons. The number of carbonyl (C=O) groups excluding carboxylic acids is 2. The number of para-hydroxylation sites is 2. The quantitative estimate of drug-likeness (QED) is 0.860. The third-order valence-corrected chi connectivity index (χ3v) is 5.06. The Morgan fingerprint density at radius 1 is 1.15 bits per heavy atom. The van der Waals surface area contributed by atoms with Gasteiger partial charge in [0.25, 0.3) is 5.91 Å². The molecule has 2 amide bonds. The summed E-state index contributed by atoms with van der Waals surface area (Å²) in [5, 5.41) is 2.82. The van der Waals surface area contributed by atoms with Crippen molar-refractivity contribution in [3.8, 4) is 0 Å². The Balaban J connectivity index is 1.73. The molecule has 1 unspecified atom stereocenters. The SMILES string of the molecule is CCc1ccc(C[NH+](C)[C@@H](C)C(=O)N2CC(=O)Nc3ccccc32)cc1. The van der Waals surface area contributed by atoms with E-state index in [4.69, 9.17) is 0 Å². The number of quaternary nitrogens is 1. The molecule has 136 valence electrons. The van der Waals surface area contributed by atoms with Gasteiger partial charge in [-0.15, -0.1) is 0 Å². The van der Waals surface area contributed by atoms with Gasteiger partial charge in [0.1, 0.15) is 13.1 Å². The van der Waals surface area contributed by atoms with Crippen LogP contribution in [0.2, 0.25) is 0 Å². The van der Waals surface area contributed by atoms with Crippen LogP contribution in [0.15, 0.2) is 48.5 Å². The van der Waals surface area contributed by atoms with Crippen LogP contribution in [-0.4, -0.2) is 31.4 Å². The van der Waals surface area contributed by atoms with Crippen LogP contribution in [0.4, 0.5) is 11.4 Å². The molecule has 1 aliphatic heterocycles. The number of anilines is 2. The van der Waals surface area contributed by atoms with E-state index in [2.05, 4.69) is 36.5 Å². The molecule has 3 rings (SSSR count). The number of aryl methyl sites for hydroxylation is 1. The van der Waals surface area contributed by atoms with Gasteiger partial charge in [0.05, 0.1) is 18.4 Å². The summed E-state index contributed by atoms with van der Waals surface area (Å²) in [5.74, 6) is -0.188. The molecule has 2 atom stereocenters. The van der Waals surface area contributed by atoms with E-state index >= 15 is 0 Å². The molecule has 2 aromatic carbocycles. The van der Waals surface area contributed by atoms with Gasteiger partial charge in [-0.05, 0) is 31.0 Å². The van der Waals surface area contributed by atoms with E-state index in [-0.39, 0.29) is 24.4 Å². The van der Waals surface area contributed by atoms with Gasteiger partial charge >= 0.3 is 0 Å². The van der Waals surface area contributed by atoms with E-state index in [9.17, 15) is 9.59 Å². The third-order valence-electron chi connectivity index (χ3n) is 5.06. The highest BCUT2D eigenvalue weighted by Gasteiger charge is 2.33. The maximum atomic E-state index is 13.1. The molecule has 5 nitrogen and oxygen atoms in total. The lowest BCUT2D eigenvalue weighted by molar-refractivity contribution is -0.908. The van der Waals surface area contributed by atoms with Gasteiger partial charge < -0.3 is 10.2 Å². The Bertz CT molecular complexity index is 801. The van der Waals surface area contributed by atoms with Crippen molar-refractivity contribution in [2.75, 3.05) is 23.8 Å². The Kier molecular flexibility index (Phi) is 5.38. The molecular weight excluding hydrogens is 326 g/mol. The van der Waals surface area contributed by atoms with Crippen molar-refractivity contribution < 1.29 is 14.5 Å². The zero-order chi connectivity index (χ0) is 18.7. The first kappa shape index (κ1) is 18.1. The predicted octanol–water partition coefficient (Wildman–Crippen LogP) is 1.64. The number of rotatable bonds is 5. The number of amides is 2. The molecule has 0 fully saturated rings. The Hall–Kier alpha value is -2.66. The number of likely N-dealkylation sites (N-methyl/N-ethyl adjacent to an activating group) is 1. The molecule has 0 aliphatic carbocycles. The van der Waals surface area contributed by atoms with Gasteiger partial charge in [0.2, 0.25) is 5.91 Å². The smallest absolute Gasteiger partial charge is 0.285 e. The monoisotopic (exact) mass is 352 g/mol. The molecule has 0 saturated heterocycles. The van der Waals surface area contributed by atoms with Gasteiger partial charge in [-0.25, -0.2) is 0 Å². The van der Waals surface area contributed by atoms with Crippen molar-refractivity contribution >= 4 is 23.2 Å². The number of fused-ring (bicyclic) bond motifs is 1. The first-order chi connectivity index (χ1) is 12.5. The van der Waals surface area contributed by atoms with Crippen LogP contribution < -0.4 is 15.1 Å². The van der Waals surface area contributed by atoms with E-state index in [1.165, 1.54) is 11.1 Å². The topological polar surface area (TPSA) is 53.9 Å². The second kappa shape index (κ2) is 7.70. The molecule has 5 heteroatoms. The molecule has 0 saturated carbocycles. The molecule has 0 aromatic heterocycles. The van der Waals surface area contributed by atoms with Crippen LogP contribution >= 0.6 is 0 Å². The maximum Gasteiger partial charge on any atom is 0.285 e. The van der Waals surface area contributed by atoms with E-state index in [0.717, 1.165) is 23.6 Å². The predicted molar refractivity (Wildman–Crippen MR) is 103 cm³/mol. The molecule has 26 heavy (non-hydrogen) atoms. The minimum absolute atomic E-state index is 0.0324. The number of carbonyl (C=O) groups is 2. The number of nitrogens with zero attached hydrogens (tertiary/aromatic N) is 1. The van der Waals surface area contributed by atoms with E-state index < -0.39 is 0 Å². The molecule has 2 aromatic rings. The lowest BCUT2D eigenvalue weighted by Crippen LogP contribution is -3.12. The lowest BCUT2D eigenvalue weighted by Gasteiger charge is -2.32. The first-order valence-corrected chi connectivity index (χ1v) is 9.10. The summed E-state index contributed by atoms with van der Waals surface area (Å²) < 4.78 is 0. The number of hydrogen-bond acceptors (Lipinski definition) is 2. The van der Waals surface area contributed by atoms with Crippen molar-refractivity contribution in [1.82, 2.24) is 0 Å². The summed E-state index contributed by atoms with van der Waals surface area (Å²) in [5.41, 5.74) is 3.98. The molecule has 2 N–H and O–H groups in total. The Morgan fingerprint density at radius 3 is 2.50 bits per heavy atom. The summed E-state index contributed by atoms with van der Waals surface area (Å²) in [6.07, 6.45) is 1.02. The Morgan fingerprint density at radius 2 is 1.81 bits per heavy atom. The van der Waals surface area contributed by atoms with E-state index in [0.29, 0.717) is 5.69 Å². The molecule has 1 aliphatic rings. The van der Waals surface area contributed by atoms with Crippen LogP contribution in [0.25, 0.3) is 0 Å². The summed E-state index contributed by atoms with van der Waals surface area (Å²) in [6, 6.07) is 15.7. The van der Waals surface area contributed by atoms with Crippen molar-refractivity contribution in [3.05, 3.63) is 59.7 Å². The first-order valence-electron chi connectivity index (χ1n) is 9.10. The second-order valence-corrected chi connectivity index (χ2v) is 6.90. The zero-order valence-electron chi connectivity index (χ0n) is 15.6. The summed E-state index contributed by atoms with van der Waals surface area (Å²) in [4.78, 5) is 27.7. The van der Waals surface area contributed by atoms with Crippen LogP contribution in [0, 0.1) is 0 Å². The maximum absolute atomic E-state index is 13.1. The summed E-state index contributed by atoms with van der Waals surface area (Å²) in [6.45, 7) is 4.89. The fraction of sp³-hybridized carbons (Fsp3) is 0.333. The standard InChI is InChI=1S/C21H25N3O2/c1-4-16-9-11-17(12-10-16)13-23(3)15(2)21(26)24-14-20(25)22-18-7-5-6-8-19(18)24/h5-12,15H,4,13-14H2,1-3H3,(H,22,25)/p+1/t15-/m0/s1. The highest BCUT2D eigenvalue weighted by atomic mass is 16.2.